The van der Waals surface area contributed by atoms with Crippen molar-refractivity contribution in [3.8, 4) is 0 Å². The van der Waals surface area contributed by atoms with Gasteiger partial charge >= 0.3 is 0 Å². The molecule has 0 amide bonds. The zero-order valence-corrected chi connectivity index (χ0v) is 10.2. The molecule has 0 aliphatic heterocycles. The molecule has 17 heavy (non-hydrogen) atoms. The lowest BCUT2D eigenvalue weighted by Crippen LogP contribution is -2.03. The SMILES string of the molecule is CNc1nccc(NCc2cccc(Cl)c2)n1. The van der Waals surface area contributed by atoms with Crippen LogP contribution in [0.1, 0.15) is 5.56 Å². The topological polar surface area (TPSA) is 49.8 Å². The molecule has 0 saturated heterocycles. The molecule has 0 aliphatic rings. The van der Waals surface area contributed by atoms with Gasteiger partial charge in [-0.1, -0.05) is 23.7 Å². The molecule has 5 heteroatoms. The van der Waals surface area contributed by atoms with Crippen molar-refractivity contribution in [2.24, 2.45) is 0 Å². The highest BCUT2D eigenvalue weighted by Gasteiger charge is 1.98. The molecule has 0 unspecified atom stereocenters. The normalized spacial score (nSPS) is 10.0. The molecule has 0 fully saturated rings. The van der Waals surface area contributed by atoms with Gasteiger partial charge in [0.05, 0.1) is 0 Å². The summed E-state index contributed by atoms with van der Waals surface area (Å²) in [6.07, 6.45) is 1.71. The number of nitrogens with zero attached hydrogens (tertiary/aromatic N) is 2. The minimum Gasteiger partial charge on any atom is -0.366 e. The average Bonchev–Trinajstić information content (AvgIpc) is 2.37. The fourth-order valence-electron chi connectivity index (χ4n) is 1.42. The van der Waals surface area contributed by atoms with Crippen molar-refractivity contribution >= 4 is 23.4 Å². The Labute approximate surface area is 105 Å². The summed E-state index contributed by atoms with van der Waals surface area (Å²) in [6.45, 7) is 0.681. The third kappa shape index (κ3) is 3.32. The van der Waals surface area contributed by atoms with Crippen LogP contribution < -0.4 is 10.6 Å². The Morgan fingerprint density at radius 2 is 2.18 bits per heavy atom. The predicted molar refractivity (Wildman–Crippen MR) is 70.4 cm³/mol. The zero-order valence-electron chi connectivity index (χ0n) is 9.44. The number of halogens is 1. The van der Waals surface area contributed by atoms with Crippen LogP contribution >= 0.6 is 11.6 Å². The van der Waals surface area contributed by atoms with Crippen molar-refractivity contribution in [3.63, 3.8) is 0 Å². The lowest BCUT2D eigenvalue weighted by atomic mass is 10.2. The van der Waals surface area contributed by atoms with E-state index in [0.717, 1.165) is 16.4 Å². The Bertz CT molecular complexity index is 501. The van der Waals surface area contributed by atoms with Gasteiger partial charge in [-0.15, -0.1) is 0 Å². The van der Waals surface area contributed by atoms with Crippen molar-refractivity contribution < 1.29 is 0 Å². The predicted octanol–water partition coefficient (Wildman–Crippen LogP) is 2.78. The standard InChI is InChI=1S/C12H13ClN4/c1-14-12-15-6-5-11(17-12)16-8-9-3-2-4-10(13)7-9/h2-7H,8H2,1H3,(H2,14,15,16,17). The first-order valence-electron chi connectivity index (χ1n) is 5.27. The van der Waals surface area contributed by atoms with Crippen molar-refractivity contribution in [1.82, 2.24) is 9.97 Å². The highest BCUT2D eigenvalue weighted by Crippen LogP contribution is 2.12. The van der Waals surface area contributed by atoms with Gasteiger partial charge in [-0.2, -0.15) is 4.98 Å². The van der Waals surface area contributed by atoms with E-state index in [2.05, 4.69) is 20.6 Å². The quantitative estimate of drug-likeness (QED) is 0.874. The molecule has 0 spiro atoms. The van der Waals surface area contributed by atoms with Crippen LogP contribution in [0.5, 0.6) is 0 Å². The maximum Gasteiger partial charge on any atom is 0.224 e. The van der Waals surface area contributed by atoms with E-state index in [1.807, 2.05) is 30.3 Å². The molecule has 1 aromatic heterocycles. The second-order valence-electron chi connectivity index (χ2n) is 3.50. The Kier molecular flexibility index (Phi) is 3.77. The summed E-state index contributed by atoms with van der Waals surface area (Å²) in [4.78, 5) is 8.31. The number of hydrogen-bond acceptors (Lipinski definition) is 4. The van der Waals surface area contributed by atoms with Crippen LogP contribution in [0.3, 0.4) is 0 Å². The van der Waals surface area contributed by atoms with E-state index in [1.165, 1.54) is 0 Å². The van der Waals surface area contributed by atoms with Gasteiger partial charge < -0.3 is 10.6 Å². The minimum atomic E-state index is 0.598. The molecular formula is C12H13ClN4. The largest absolute Gasteiger partial charge is 0.366 e. The first-order valence-corrected chi connectivity index (χ1v) is 5.65. The number of aromatic nitrogens is 2. The van der Waals surface area contributed by atoms with Gasteiger partial charge in [0, 0.05) is 24.8 Å². The first kappa shape index (κ1) is 11.7. The van der Waals surface area contributed by atoms with Gasteiger partial charge in [0.15, 0.2) is 0 Å². The maximum atomic E-state index is 5.91. The van der Waals surface area contributed by atoms with Crippen LogP contribution in [0.4, 0.5) is 11.8 Å². The summed E-state index contributed by atoms with van der Waals surface area (Å²) >= 11 is 5.91. The first-order chi connectivity index (χ1) is 8.28. The summed E-state index contributed by atoms with van der Waals surface area (Å²) in [5, 5.41) is 6.84. The van der Waals surface area contributed by atoms with Crippen molar-refractivity contribution in [2.75, 3.05) is 17.7 Å². The number of benzene rings is 1. The monoisotopic (exact) mass is 248 g/mol. The lowest BCUT2D eigenvalue weighted by molar-refractivity contribution is 1.08. The van der Waals surface area contributed by atoms with E-state index in [9.17, 15) is 0 Å². The smallest absolute Gasteiger partial charge is 0.224 e. The van der Waals surface area contributed by atoms with E-state index in [0.29, 0.717) is 12.5 Å². The highest BCUT2D eigenvalue weighted by molar-refractivity contribution is 6.30. The Morgan fingerprint density at radius 3 is 2.94 bits per heavy atom. The van der Waals surface area contributed by atoms with E-state index < -0.39 is 0 Å². The van der Waals surface area contributed by atoms with Gasteiger partial charge in [0.25, 0.3) is 0 Å². The van der Waals surface area contributed by atoms with Crippen molar-refractivity contribution in [2.45, 2.75) is 6.54 Å². The molecule has 2 rings (SSSR count). The van der Waals surface area contributed by atoms with Crippen LogP contribution in [0.2, 0.25) is 5.02 Å². The second kappa shape index (κ2) is 5.50. The summed E-state index contributed by atoms with van der Waals surface area (Å²) < 4.78 is 0. The molecule has 2 N–H and O–H groups in total. The molecule has 2 aromatic rings. The molecule has 0 aliphatic carbocycles. The molecule has 4 nitrogen and oxygen atoms in total. The van der Waals surface area contributed by atoms with Crippen LogP contribution in [0.25, 0.3) is 0 Å². The number of nitrogens with one attached hydrogen (secondary N) is 2. The van der Waals surface area contributed by atoms with Crippen LogP contribution in [-0.2, 0) is 6.54 Å². The van der Waals surface area contributed by atoms with Crippen LogP contribution in [0, 0.1) is 0 Å². The molecule has 0 saturated carbocycles. The molecule has 0 bridgehead atoms. The molecule has 0 radical (unpaired) electrons. The fourth-order valence-corrected chi connectivity index (χ4v) is 1.63. The van der Waals surface area contributed by atoms with Gasteiger partial charge in [-0.3, -0.25) is 0 Å². The Morgan fingerprint density at radius 1 is 1.29 bits per heavy atom. The lowest BCUT2D eigenvalue weighted by Gasteiger charge is -2.06. The second-order valence-corrected chi connectivity index (χ2v) is 3.94. The summed E-state index contributed by atoms with van der Waals surface area (Å²) in [7, 11) is 1.79. The highest BCUT2D eigenvalue weighted by atomic mass is 35.5. The third-order valence-corrected chi connectivity index (χ3v) is 2.48. The Hall–Kier alpha value is -1.81. The summed E-state index contributed by atoms with van der Waals surface area (Å²) in [5.74, 6) is 1.38. The van der Waals surface area contributed by atoms with Crippen LogP contribution in [-0.4, -0.2) is 17.0 Å². The molecule has 0 atom stereocenters. The van der Waals surface area contributed by atoms with Gasteiger partial charge in [-0.05, 0) is 23.8 Å². The number of anilines is 2. The van der Waals surface area contributed by atoms with E-state index >= 15 is 0 Å². The molecule has 88 valence electrons. The Balaban J connectivity index is 2.02. The molecule has 1 heterocycles. The summed E-state index contributed by atoms with van der Waals surface area (Å²) in [5.41, 5.74) is 1.11. The van der Waals surface area contributed by atoms with Gasteiger partial charge in [0.2, 0.25) is 5.95 Å². The maximum absolute atomic E-state index is 5.91. The van der Waals surface area contributed by atoms with E-state index in [-0.39, 0.29) is 0 Å². The molecule has 1 aromatic carbocycles. The van der Waals surface area contributed by atoms with Gasteiger partial charge in [-0.25, -0.2) is 4.98 Å². The minimum absolute atomic E-state index is 0.598. The number of rotatable bonds is 4. The zero-order chi connectivity index (χ0) is 12.1. The molecular weight excluding hydrogens is 236 g/mol. The van der Waals surface area contributed by atoms with Crippen LogP contribution in [0.15, 0.2) is 36.5 Å². The fraction of sp³-hybridized carbons (Fsp3) is 0.167. The van der Waals surface area contributed by atoms with E-state index in [4.69, 9.17) is 11.6 Å². The van der Waals surface area contributed by atoms with Crippen molar-refractivity contribution in [3.05, 3.63) is 47.1 Å². The van der Waals surface area contributed by atoms with Gasteiger partial charge in [0.1, 0.15) is 5.82 Å². The van der Waals surface area contributed by atoms with Crippen molar-refractivity contribution in [1.29, 1.82) is 0 Å². The average molecular weight is 249 g/mol. The summed E-state index contributed by atoms with van der Waals surface area (Å²) in [6, 6.07) is 9.55. The third-order valence-electron chi connectivity index (χ3n) is 2.24. The number of hydrogen-bond donors (Lipinski definition) is 2. The van der Waals surface area contributed by atoms with E-state index in [1.54, 1.807) is 13.2 Å².